The van der Waals surface area contributed by atoms with E-state index >= 15 is 0 Å². The second kappa shape index (κ2) is 7.75. The van der Waals surface area contributed by atoms with Crippen LogP contribution in [0.3, 0.4) is 0 Å². The molecule has 0 bridgehead atoms. The fourth-order valence-electron chi connectivity index (χ4n) is 2.44. The van der Waals surface area contributed by atoms with E-state index in [9.17, 15) is 19.4 Å². The van der Waals surface area contributed by atoms with Gasteiger partial charge in [-0.25, -0.2) is 0 Å². The van der Waals surface area contributed by atoms with Gasteiger partial charge < -0.3 is 25.1 Å². The number of hydrogen-bond acceptors (Lipinski definition) is 5. The highest BCUT2D eigenvalue weighted by Crippen LogP contribution is 2.41. The molecular weight excluding hydrogens is 325 g/mol. The van der Waals surface area contributed by atoms with E-state index in [2.05, 4.69) is 0 Å². The monoisotopic (exact) mass is 345 g/mol. The van der Waals surface area contributed by atoms with E-state index in [0.29, 0.717) is 0 Å². The maximum atomic E-state index is 11.9. The molecule has 0 fully saturated rings. The molecule has 0 aliphatic heterocycles. The van der Waals surface area contributed by atoms with Crippen molar-refractivity contribution in [1.82, 2.24) is 0 Å². The second-order valence-electron chi connectivity index (χ2n) is 5.93. The van der Waals surface area contributed by atoms with E-state index in [1.807, 2.05) is 42.5 Å². The van der Waals surface area contributed by atoms with Crippen LogP contribution in [0, 0.1) is 5.92 Å². The van der Waals surface area contributed by atoms with Crippen molar-refractivity contribution in [3.8, 4) is 11.1 Å². The molecule has 0 radical (unpaired) electrons. The molecule has 0 amide bonds. The first kappa shape index (κ1) is 18.4. The van der Waals surface area contributed by atoms with Crippen LogP contribution in [0.2, 0.25) is 0 Å². The minimum atomic E-state index is -3.96. The van der Waals surface area contributed by atoms with Gasteiger partial charge >= 0.3 is 0 Å². The summed E-state index contributed by atoms with van der Waals surface area (Å²) in [6.07, 6.45) is -0.399. The summed E-state index contributed by atoms with van der Waals surface area (Å²) < 4.78 is 11.9. The first-order valence-electron chi connectivity index (χ1n) is 7.70. The first-order chi connectivity index (χ1) is 11.3. The van der Waals surface area contributed by atoms with Gasteiger partial charge in [0.1, 0.15) is 0 Å². The molecule has 6 heteroatoms. The van der Waals surface area contributed by atoms with Crippen molar-refractivity contribution in [2.75, 3.05) is 6.16 Å². The van der Waals surface area contributed by atoms with Crippen molar-refractivity contribution >= 4 is 13.3 Å². The molecule has 24 heavy (non-hydrogen) atoms. The predicted molar refractivity (Wildman–Crippen MR) is 90.2 cm³/mol. The van der Waals surface area contributed by atoms with Crippen LogP contribution in [-0.2, 0) is 15.8 Å². The van der Waals surface area contributed by atoms with Crippen molar-refractivity contribution in [3.63, 3.8) is 0 Å². The van der Waals surface area contributed by atoms with Crippen molar-refractivity contribution in [3.05, 3.63) is 60.2 Å². The van der Waals surface area contributed by atoms with E-state index in [0.717, 1.165) is 16.7 Å². The van der Waals surface area contributed by atoms with Crippen LogP contribution in [0.25, 0.3) is 11.1 Å². The topological polar surface area (TPSA) is 106 Å². The van der Waals surface area contributed by atoms with Crippen molar-refractivity contribution in [2.45, 2.75) is 19.1 Å². The number of carboxylic acids is 1. The number of benzene rings is 2. The summed E-state index contributed by atoms with van der Waals surface area (Å²) in [6, 6.07) is 17.2. The summed E-state index contributed by atoms with van der Waals surface area (Å²) in [7, 11) is -3.96. The van der Waals surface area contributed by atoms with Gasteiger partial charge in [-0.05, 0) is 36.2 Å². The normalized spacial score (nSPS) is 16.1. The molecule has 128 valence electrons. The average molecular weight is 345 g/mol. The van der Waals surface area contributed by atoms with Crippen molar-refractivity contribution in [1.29, 1.82) is 0 Å². The molecule has 0 spiro atoms. The van der Waals surface area contributed by atoms with Crippen molar-refractivity contribution in [2.24, 2.45) is 11.7 Å². The van der Waals surface area contributed by atoms with E-state index in [1.165, 1.54) is 6.92 Å². The lowest BCUT2D eigenvalue weighted by molar-refractivity contribution is -0.311. The molecule has 2 aromatic carbocycles. The van der Waals surface area contributed by atoms with Gasteiger partial charge in [-0.15, -0.1) is 0 Å². The van der Waals surface area contributed by atoms with Gasteiger partial charge in [0.25, 0.3) is 0 Å². The minimum absolute atomic E-state index is 0.0936. The Morgan fingerprint density at radius 2 is 1.62 bits per heavy atom. The highest BCUT2D eigenvalue weighted by atomic mass is 31.2. The number of nitrogens with two attached hydrogens (primary N) is 1. The second-order valence-corrected chi connectivity index (χ2v) is 8.56. The van der Waals surface area contributed by atoms with Crippen LogP contribution in [0.1, 0.15) is 12.5 Å². The molecule has 1 unspecified atom stereocenters. The van der Waals surface area contributed by atoms with E-state index in [-0.39, 0.29) is 6.42 Å². The molecule has 2 rings (SSSR count). The number of carbonyl (C=O) groups excluding carboxylic acids is 1. The van der Waals surface area contributed by atoms with Gasteiger partial charge in [0.15, 0.2) is 0 Å². The quantitative estimate of drug-likeness (QED) is 0.759. The Balaban J connectivity index is 2.13. The Morgan fingerprint density at radius 3 is 2.12 bits per heavy atom. The number of carboxylic acid groups (broad SMARTS) is 1. The molecule has 0 saturated carbocycles. The fourth-order valence-corrected chi connectivity index (χ4v) is 3.67. The first-order valence-corrected chi connectivity index (χ1v) is 9.58. The number of carbonyl (C=O) groups is 1. The lowest BCUT2D eigenvalue weighted by Gasteiger charge is -2.32. The van der Waals surface area contributed by atoms with Crippen molar-refractivity contribution < 1.29 is 19.4 Å². The smallest absolute Gasteiger partial charge is 0.0452 e. The van der Waals surface area contributed by atoms with Gasteiger partial charge in [0.05, 0.1) is 0 Å². The van der Waals surface area contributed by atoms with Crippen LogP contribution >= 0.6 is 7.37 Å². The Kier molecular flexibility index (Phi) is 5.94. The fraction of sp³-hybridized carbons (Fsp3) is 0.278. The third-order valence-corrected chi connectivity index (χ3v) is 6.16. The van der Waals surface area contributed by atoms with Crippen LogP contribution < -0.4 is 15.7 Å². The van der Waals surface area contributed by atoms with Crippen LogP contribution in [0.4, 0.5) is 0 Å². The lowest BCUT2D eigenvalue weighted by Crippen LogP contribution is -2.38. The molecule has 2 N–H and O–H groups in total. The van der Waals surface area contributed by atoms with Crippen LogP contribution in [0.15, 0.2) is 54.6 Å². The molecule has 0 aliphatic carbocycles. The molecule has 2 aromatic rings. The largest absolute Gasteiger partial charge is 0.798 e. The Hall–Kier alpha value is -1.94. The summed E-state index contributed by atoms with van der Waals surface area (Å²) in [5.74, 6) is -3.56. The van der Waals surface area contributed by atoms with Gasteiger partial charge in [0, 0.05) is 25.0 Å². The molecule has 5 nitrogen and oxygen atoms in total. The summed E-state index contributed by atoms with van der Waals surface area (Å²) in [4.78, 5) is 23.2. The molecular formula is C18H20NO4P-2. The summed E-state index contributed by atoms with van der Waals surface area (Å²) in [6.45, 7) is 1.34. The van der Waals surface area contributed by atoms with E-state index < -0.39 is 31.2 Å². The number of rotatable bonds is 7. The third-order valence-electron chi connectivity index (χ3n) is 3.97. The van der Waals surface area contributed by atoms with Crippen LogP contribution in [-0.4, -0.2) is 17.9 Å². The zero-order valence-electron chi connectivity index (χ0n) is 13.4. The SMILES string of the molecule is C[C@H](N)P(=O)([O-])C[C@@H](Cc1ccc(-c2ccccc2)cc1)C(=O)[O-]. The maximum Gasteiger partial charge on any atom is 0.0452 e. The Bertz CT molecular complexity index is 728. The number of aliphatic carboxylic acids is 1. The highest BCUT2D eigenvalue weighted by molar-refractivity contribution is 7.57. The minimum Gasteiger partial charge on any atom is -0.798 e. The Labute approximate surface area is 141 Å². The summed E-state index contributed by atoms with van der Waals surface area (Å²) in [5, 5.41) is 11.3. The molecule has 0 aliphatic rings. The molecule has 0 aromatic heterocycles. The summed E-state index contributed by atoms with van der Waals surface area (Å²) in [5.41, 5.74) is 8.22. The van der Waals surface area contributed by atoms with Gasteiger partial charge in [-0.1, -0.05) is 54.6 Å². The zero-order valence-corrected chi connectivity index (χ0v) is 14.3. The lowest BCUT2D eigenvalue weighted by atomic mass is 9.98. The summed E-state index contributed by atoms with van der Waals surface area (Å²) >= 11 is 0. The standard InChI is InChI=1S/C18H22NO4P/c1-13(19)24(22,23)12-17(18(20)21)11-14-7-9-16(10-8-14)15-5-3-2-4-6-15/h2-10,13,17H,11-12,19H2,1H3,(H,20,21)(H,22,23)/p-2/t13-,17-/m1/s1. The number of hydrogen-bond donors (Lipinski definition) is 1. The van der Waals surface area contributed by atoms with Crippen LogP contribution in [0.5, 0.6) is 0 Å². The van der Waals surface area contributed by atoms with Gasteiger partial charge in [-0.3, -0.25) is 0 Å². The van der Waals surface area contributed by atoms with Gasteiger partial charge in [-0.2, -0.15) is 0 Å². The maximum absolute atomic E-state index is 11.9. The van der Waals surface area contributed by atoms with Gasteiger partial charge in [0.2, 0.25) is 0 Å². The average Bonchev–Trinajstić information content (AvgIpc) is 2.55. The third kappa shape index (κ3) is 4.78. The van der Waals surface area contributed by atoms with E-state index in [4.69, 9.17) is 5.73 Å². The highest BCUT2D eigenvalue weighted by Gasteiger charge is 2.21. The van der Waals surface area contributed by atoms with E-state index in [1.54, 1.807) is 12.1 Å². The molecule has 0 saturated heterocycles. The molecule has 0 heterocycles. The predicted octanol–water partition coefficient (Wildman–Crippen LogP) is 1.21. The Morgan fingerprint density at radius 1 is 1.08 bits per heavy atom. The zero-order chi connectivity index (χ0) is 17.7. The molecule has 3 atom stereocenters.